The van der Waals surface area contributed by atoms with Gasteiger partial charge in [0.2, 0.25) is 15.9 Å². The van der Waals surface area contributed by atoms with Gasteiger partial charge in [-0.25, -0.2) is 8.42 Å². The molecule has 1 fully saturated rings. The molecule has 1 aliphatic rings. The van der Waals surface area contributed by atoms with Gasteiger partial charge in [-0.2, -0.15) is 30.6 Å². The number of amides is 1. The molecular weight excluding hydrogens is 518 g/mol. The van der Waals surface area contributed by atoms with E-state index >= 15 is 0 Å². The van der Waals surface area contributed by atoms with Gasteiger partial charge in [-0.3, -0.25) is 4.79 Å². The molecule has 14 heteroatoms. The van der Waals surface area contributed by atoms with Gasteiger partial charge in [0.25, 0.3) is 0 Å². The minimum atomic E-state index is -5.08. The first-order valence-electron chi connectivity index (χ1n) is 10.5. The van der Waals surface area contributed by atoms with E-state index in [1.807, 2.05) is 0 Å². The Bertz CT molecular complexity index is 1200. The largest absolute Gasteiger partial charge is 0.497 e. The average Bonchev–Trinajstić information content (AvgIpc) is 2.82. The van der Waals surface area contributed by atoms with Crippen molar-refractivity contribution in [3.8, 4) is 11.5 Å². The summed E-state index contributed by atoms with van der Waals surface area (Å²) in [4.78, 5) is 12.6. The Hall–Kier alpha value is -3.00. The molecule has 0 saturated carbocycles. The fourth-order valence-corrected chi connectivity index (χ4v) is 5.47. The number of benzene rings is 2. The summed E-state index contributed by atoms with van der Waals surface area (Å²) in [7, 11) is -1.56. The highest BCUT2D eigenvalue weighted by molar-refractivity contribution is 7.89. The van der Waals surface area contributed by atoms with Crippen LogP contribution in [-0.4, -0.2) is 45.9 Å². The number of hydrogen-bond donors (Lipinski definition) is 1. The highest BCUT2D eigenvalue weighted by Crippen LogP contribution is 2.38. The Morgan fingerprint density at radius 3 is 2.11 bits per heavy atom. The number of nitrogens with zero attached hydrogens (tertiary/aromatic N) is 1. The molecule has 7 nitrogen and oxygen atoms in total. The second kappa shape index (κ2) is 10.2. The van der Waals surface area contributed by atoms with E-state index in [0.29, 0.717) is 12.1 Å². The lowest BCUT2D eigenvalue weighted by Crippen LogP contribution is -2.43. The summed E-state index contributed by atoms with van der Waals surface area (Å²) < 4.78 is 116. The van der Waals surface area contributed by atoms with Gasteiger partial charge in [0.1, 0.15) is 16.4 Å². The minimum Gasteiger partial charge on any atom is -0.497 e. The number of alkyl halides is 6. The Morgan fingerprint density at radius 1 is 0.972 bits per heavy atom. The zero-order valence-corrected chi connectivity index (χ0v) is 19.9. The van der Waals surface area contributed by atoms with E-state index in [2.05, 4.69) is 5.32 Å². The van der Waals surface area contributed by atoms with E-state index in [9.17, 15) is 39.6 Å². The average molecular weight is 540 g/mol. The minimum absolute atomic E-state index is 0.0334. The highest BCUT2D eigenvalue weighted by atomic mass is 32.2. The molecule has 0 spiro atoms. The molecule has 198 valence electrons. The van der Waals surface area contributed by atoms with Crippen LogP contribution in [0, 0.1) is 5.92 Å². The van der Waals surface area contributed by atoms with E-state index in [1.165, 1.54) is 32.4 Å². The lowest BCUT2D eigenvalue weighted by molar-refractivity contribution is -0.143. The molecule has 0 aliphatic carbocycles. The Labute approximate surface area is 203 Å². The van der Waals surface area contributed by atoms with Crippen molar-refractivity contribution in [3.63, 3.8) is 0 Å². The second-order valence-electron chi connectivity index (χ2n) is 8.00. The number of carbonyl (C=O) groups excluding carboxylic acids is 1. The third-order valence-corrected chi connectivity index (χ3v) is 7.49. The van der Waals surface area contributed by atoms with Crippen LogP contribution in [0.5, 0.6) is 11.5 Å². The van der Waals surface area contributed by atoms with Gasteiger partial charge in [-0.05, 0) is 43.2 Å². The van der Waals surface area contributed by atoms with Crippen molar-refractivity contribution in [2.45, 2.75) is 30.1 Å². The molecule has 2 aromatic rings. The summed E-state index contributed by atoms with van der Waals surface area (Å²) in [6, 6.07) is 4.88. The van der Waals surface area contributed by atoms with Crippen LogP contribution in [0.15, 0.2) is 41.3 Å². The molecule has 0 aromatic heterocycles. The van der Waals surface area contributed by atoms with Crippen LogP contribution in [0.25, 0.3) is 0 Å². The Morgan fingerprint density at radius 2 is 1.58 bits per heavy atom. The molecule has 3 rings (SSSR count). The molecule has 1 heterocycles. The smallest absolute Gasteiger partial charge is 0.416 e. The monoisotopic (exact) mass is 540 g/mol. The maximum Gasteiger partial charge on any atom is 0.416 e. The van der Waals surface area contributed by atoms with E-state index in [0.717, 1.165) is 4.31 Å². The molecule has 1 aliphatic heterocycles. The third-order valence-electron chi connectivity index (χ3n) is 5.60. The highest BCUT2D eigenvalue weighted by Gasteiger charge is 2.38. The summed E-state index contributed by atoms with van der Waals surface area (Å²) in [5.41, 5.74) is -3.85. The quantitative estimate of drug-likeness (QED) is 0.534. The molecule has 36 heavy (non-hydrogen) atoms. The molecule has 1 atom stereocenters. The first-order valence-corrected chi connectivity index (χ1v) is 11.9. The molecule has 1 N–H and O–H groups in total. The molecule has 0 bridgehead atoms. The number of ether oxygens (including phenoxy) is 2. The van der Waals surface area contributed by atoms with Crippen molar-refractivity contribution in [1.82, 2.24) is 4.31 Å². The zero-order chi connectivity index (χ0) is 26.9. The Balaban J connectivity index is 1.86. The molecule has 1 unspecified atom stereocenters. The number of carbonyl (C=O) groups is 1. The number of sulfonamides is 1. The molecule has 2 aromatic carbocycles. The van der Waals surface area contributed by atoms with E-state index < -0.39 is 51.0 Å². The van der Waals surface area contributed by atoms with Gasteiger partial charge in [0, 0.05) is 24.8 Å². The summed E-state index contributed by atoms with van der Waals surface area (Å²) in [5, 5.41) is 2.08. The van der Waals surface area contributed by atoms with Crippen molar-refractivity contribution >= 4 is 21.6 Å². The number of methoxy groups -OCH3 is 2. The third kappa shape index (κ3) is 6.03. The first-order chi connectivity index (χ1) is 16.7. The van der Waals surface area contributed by atoms with Gasteiger partial charge in [0.05, 0.1) is 31.3 Å². The fourth-order valence-electron chi connectivity index (χ4n) is 3.77. The first kappa shape index (κ1) is 27.6. The van der Waals surface area contributed by atoms with Crippen molar-refractivity contribution in [2.75, 3.05) is 32.6 Å². The maximum atomic E-state index is 13.3. The second-order valence-corrected chi connectivity index (χ2v) is 9.91. The van der Waals surface area contributed by atoms with Crippen LogP contribution in [-0.2, 0) is 27.2 Å². The van der Waals surface area contributed by atoms with Crippen LogP contribution in [0.1, 0.15) is 24.0 Å². The van der Waals surface area contributed by atoms with Gasteiger partial charge in [-0.15, -0.1) is 0 Å². The van der Waals surface area contributed by atoms with Crippen molar-refractivity contribution in [1.29, 1.82) is 0 Å². The SMILES string of the molecule is COc1ccc(OC)c(S(=O)(=O)N2CCCC(C(=O)Nc3cc(C(F)(F)F)cc(C(F)(F)F)c3)C2)c1. The van der Waals surface area contributed by atoms with E-state index in [4.69, 9.17) is 9.47 Å². The predicted octanol–water partition coefficient (Wildman–Crippen LogP) is 4.78. The van der Waals surface area contributed by atoms with Crippen LogP contribution < -0.4 is 14.8 Å². The van der Waals surface area contributed by atoms with Gasteiger partial charge in [0.15, 0.2) is 0 Å². The molecule has 0 radical (unpaired) electrons. The van der Waals surface area contributed by atoms with E-state index in [-0.39, 0.29) is 48.4 Å². The topological polar surface area (TPSA) is 84.9 Å². The van der Waals surface area contributed by atoms with Gasteiger partial charge in [-0.1, -0.05) is 0 Å². The zero-order valence-electron chi connectivity index (χ0n) is 19.0. The van der Waals surface area contributed by atoms with Crippen LogP contribution >= 0.6 is 0 Å². The molecular formula is C22H22F6N2O5S. The van der Waals surface area contributed by atoms with E-state index in [1.54, 1.807) is 0 Å². The van der Waals surface area contributed by atoms with Gasteiger partial charge >= 0.3 is 12.4 Å². The van der Waals surface area contributed by atoms with Crippen molar-refractivity contribution in [3.05, 3.63) is 47.5 Å². The number of rotatable bonds is 6. The lowest BCUT2D eigenvalue weighted by atomic mass is 9.98. The normalized spacial score (nSPS) is 17.5. The van der Waals surface area contributed by atoms with Crippen LogP contribution in [0.2, 0.25) is 0 Å². The number of anilines is 1. The standard InChI is InChI=1S/C22H22F6N2O5S/c1-34-17-5-6-18(35-2)19(11-17)36(32,33)30-7-3-4-13(12-30)20(31)29-16-9-14(21(23,24)25)8-15(10-16)22(26,27)28/h5-6,8-11,13H,3-4,7,12H2,1-2H3,(H,29,31). The predicted molar refractivity (Wildman–Crippen MR) is 116 cm³/mol. The summed E-state index contributed by atoms with van der Waals surface area (Å²) >= 11 is 0. The van der Waals surface area contributed by atoms with Crippen molar-refractivity contribution < 1.29 is 49.0 Å². The van der Waals surface area contributed by atoms with Crippen molar-refractivity contribution in [2.24, 2.45) is 5.92 Å². The molecule has 1 amide bonds. The van der Waals surface area contributed by atoms with Gasteiger partial charge < -0.3 is 14.8 Å². The number of nitrogens with one attached hydrogen (secondary N) is 1. The Kier molecular flexibility index (Phi) is 7.79. The number of halogens is 6. The summed E-state index contributed by atoms with van der Waals surface area (Å²) in [6.07, 6.45) is -9.74. The molecule has 1 saturated heterocycles. The summed E-state index contributed by atoms with van der Waals surface area (Å²) in [6.45, 7) is -0.284. The maximum absolute atomic E-state index is 13.3. The lowest BCUT2D eigenvalue weighted by Gasteiger charge is -2.31. The van der Waals surface area contributed by atoms with Crippen LogP contribution in [0.3, 0.4) is 0 Å². The number of piperidine rings is 1. The van der Waals surface area contributed by atoms with Crippen LogP contribution in [0.4, 0.5) is 32.0 Å². The summed E-state index contributed by atoms with van der Waals surface area (Å²) in [5.74, 6) is -1.65. The fraction of sp³-hybridized carbons (Fsp3) is 0.409. The number of hydrogen-bond acceptors (Lipinski definition) is 5.